The molecule has 17 heavy (non-hydrogen) atoms. The highest BCUT2D eigenvalue weighted by Gasteiger charge is 2.38. The second-order valence-corrected chi connectivity index (χ2v) is 4.20. The number of hydrogen-bond acceptors (Lipinski definition) is 3. The van der Waals surface area contributed by atoms with E-state index in [4.69, 9.17) is 0 Å². The highest BCUT2D eigenvalue weighted by molar-refractivity contribution is 9.10. The fourth-order valence-corrected chi connectivity index (χ4v) is 1.62. The summed E-state index contributed by atoms with van der Waals surface area (Å²) >= 11 is 3.24. The highest BCUT2D eigenvalue weighted by Crippen LogP contribution is 2.29. The van der Waals surface area contributed by atoms with Gasteiger partial charge >= 0.3 is 6.18 Å². The number of aromatic nitrogens is 4. The summed E-state index contributed by atoms with van der Waals surface area (Å²) in [5.41, 5.74) is 1.16. The first-order valence-electron chi connectivity index (χ1n) is 4.51. The molecule has 0 aliphatic heterocycles. The van der Waals surface area contributed by atoms with Crippen molar-refractivity contribution in [3.8, 4) is 5.69 Å². The second-order valence-electron chi connectivity index (χ2n) is 3.35. The lowest BCUT2D eigenvalue weighted by Gasteiger charge is -2.08. The molecule has 90 valence electrons. The van der Waals surface area contributed by atoms with Crippen molar-refractivity contribution in [3.05, 3.63) is 34.1 Å². The largest absolute Gasteiger partial charge is 0.453 e. The van der Waals surface area contributed by atoms with Crippen molar-refractivity contribution in [1.82, 2.24) is 20.2 Å². The van der Waals surface area contributed by atoms with Gasteiger partial charge in [0, 0.05) is 4.47 Å². The molecule has 0 aliphatic rings. The number of rotatable bonds is 1. The molecule has 0 radical (unpaired) electrons. The minimum Gasteiger partial charge on any atom is -0.189 e. The van der Waals surface area contributed by atoms with Gasteiger partial charge in [-0.2, -0.15) is 17.9 Å². The molecule has 0 unspecified atom stereocenters. The van der Waals surface area contributed by atoms with E-state index >= 15 is 0 Å². The Balaban J connectivity index is 2.54. The van der Waals surface area contributed by atoms with Crippen LogP contribution in [0.25, 0.3) is 5.69 Å². The summed E-state index contributed by atoms with van der Waals surface area (Å²) in [7, 11) is 0. The van der Waals surface area contributed by atoms with Crippen LogP contribution in [0.4, 0.5) is 13.2 Å². The molecule has 8 heteroatoms. The third-order valence-corrected chi connectivity index (χ3v) is 2.98. The molecule has 2 rings (SSSR count). The molecule has 0 atom stereocenters. The van der Waals surface area contributed by atoms with Crippen molar-refractivity contribution in [3.63, 3.8) is 0 Å². The predicted molar refractivity (Wildman–Crippen MR) is 56.6 cm³/mol. The van der Waals surface area contributed by atoms with Crippen LogP contribution in [0.5, 0.6) is 0 Å². The average Bonchev–Trinajstić information content (AvgIpc) is 2.70. The van der Waals surface area contributed by atoms with Gasteiger partial charge in [0.25, 0.3) is 5.82 Å². The Morgan fingerprint density at radius 3 is 2.59 bits per heavy atom. The first kappa shape index (κ1) is 12.0. The van der Waals surface area contributed by atoms with Crippen molar-refractivity contribution >= 4 is 15.9 Å². The van der Waals surface area contributed by atoms with E-state index in [9.17, 15) is 13.2 Å². The molecular formula is C9H6BrF3N4. The number of halogens is 4. The number of tetrazole rings is 1. The molecule has 2 aromatic rings. The molecule has 0 saturated heterocycles. The summed E-state index contributed by atoms with van der Waals surface area (Å²) in [5, 5.41) is 9.36. The van der Waals surface area contributed by atoms with Gasteiger partial charge in [-0.3, -0.25) is 0 Å². The predicted octanol–water partition coefficient (Wildman–Crippen LogP) is 2.75. The fraction of sp³-hybridized carbons (Fsp3) is 0.222. The van der Waals surface area contributed by atoms with Gasteiger partial charge in [-0.1, -0.05) is 22.0 Å². The monoisotopic (exact) mass is 306 g/mol. The standard InChI is InChI=1S/C9H6BrF3N4/c1-5-2-3-6(4-7(5)10)17-8(9(11,12)13)14-15-16-17/h2-4H,1H3. The summed E-state index contributed by atoms with van der Waals surface area (Å²) in [6.07, 6.45) is -4.58. The van der Waals surface area contributed by atoms with Gasteiger partial charge in [0.1, 0.15) is 0 Å². The Morgan fingerprint density at radius 1 is 1.29 bits per heavy atom. The molecule has 0 aliphatic carbocycles. The van der Waals surface area contributed by atoms with E-state index in [0.717, 1.165) is 5.56 Å². The average molecular weight is 307 g/mol. The van der Waals surface area contributed by atoms with E-state index in [1.54, 1.807) is 6.07 Å². The molecule has 4 nitrogen and oxygen atoms in total. The summed E-state index contributed by atoms with van der Waals surface area (Å²) < 4.78 is 39.1. The van der Waals surface area contributed by atoms with Crippen molar-refractivity contribution < 1.29 is 13.2 Å². The van der Waals surface area contributed by atoms with E-state index in [2.05, 4.69) is 31.5 Å². The molecule has 0 N–H and O–H groups in total. The van der Waals surface area contributed by atoms with Crippen LogP contribution < -0.4 is 0 Å². The molecule has 0 fully saturated rings. The van der Waals surface area contributed by atoms with E-state index < -0.39 is 12.0 Å². The molecule has 1 aromatic heterocycles. The zero-order valence-electron chi connectivity index (χ0n) is 8.53. The zero-order valence-corrected chi connectivity index (χ0v) is 10.1. The molecule has 1 heterocycles. The molecule has 0 amide bonds. The first-order valence-corrected chi connectivity index (χ1v) is 5.31. The maximum atomic E-state index is 12.6. The van der Waals surface area contributed by atoms with Gasteiger partial charge in [-0.05, 0) is 35.0 Å². The van der Waals surface area contributed by atoms with Crippen LogP contribution in [0.3, 0.4) is 0 Å². The SMILES string of the molecule is Cc1ccc(-n2nnnc2C(F)(F)F)cc1Br. The second kappa shape index (κ2) is 4.10. The number of nitrogens with zero attached hydrogens (tertiary/aromatic N) is 4. The maximum Gasteiger partial charge on any atom is 0.453 e. The Labute approximate surface area is 103 Å². The molecule has 0 saturated carbocycles. The number of hydrogen-bond donors (Lipinski definition) is 0. The smallest absolute Gasteiger partial charge is 0.189 e. The number of alkyl halides is 3. The van der Waals surface area contributed by atoms with Gasteiger partial charge < -0.3 is 0 Å². The van der Waals surface area contributed by atoms with Crippen molar-refractivity contribution in [1.29, 1.82) is 0 Å². The fourth-order valence-electron chi connectivity index (χ4n) is 1.25. The van der Waals surface area contributed by atoms with E-state index in [1.165, 1.54) is 12.1 Å². The van der Waals surface area contributed by atoms with Gasteiger partial charge in [0.2, 0.25) is 0 Å². The minimum atomic E-state index is -4.58. The normalized spacial score (nSPS) is 11.8. The van der Waals surface area contributed by atoms with Crippen molar-refractivity contribution in [2.75, 3.05) is 0 Å². The minimum absolute atomic E-state index is 0.250. The first-order chi connectivity index (χ1) is 7.89. The number of aryl methyl sites for hydroxylation is 1. The topological polar surface area (TPSA) is 43.6 Å². The van der Waals surface area contributed by atoms with Crippen LogP contribution >= 0.6 is 15.9 Å². The Kier molecular flexibility index (Phi) is 2.90. The third kappa shape index (κ3) is 2.31. The van der Waals surface area contributed by atoms with Crippen molar-refractivity contribution in [2.24, 2.45) is 0 Å². The highest BCUT2D eigenvalue weighted by atomic mass is 79.9. The third-order valence-electron chi connectivity index (χ3n) is 2.12. The summed E-state index contributed by atoms with van der Waals surface area (Å²) in [4.78, 5) is 0. The Bertz CT molecular complexity index is 549. The molecular weight excluding hydrogens is 301 g/mol. The molecule has 1 aromatic carbocycles. The van der Waals surface area contributed by atoms with Crippen LogP contribution in [-0.2, 0) is 6.18 Å². The molecule has 0 spiro atoms. The summed E-state index contributed by atoms with van der Waals surface area (Å²) in [6.45, 7) is 1.83. The van der Waals surface area contributed by atoms with Crippen LogP contribution in [-0.4, -0.2) is 20.2 Å². The van der Waals surface area contributed by atoms with Crippen LogP contribution in [0.15, 0.2) is 22.7 Å². The maximum absolute atomic E-state index is 12.6. The van der Waals surface area contributed by atoms with Crippen LogP contribution in [0.1, 0.15) is 11.4 Å². The van der Waals surface area contributed by atoms with Gasteiger partial charge in [-0.25, -0.2) is 0 Å². The number of benzene rings is 1. The summed E-state index contributed by atoms with van der Waals surface area (Å²) in [5.74, 6) is -1.15. The Morgan fingerprint density at radius 2 is 2.00 bits per heavy atom. The Hall–Kier alpha value is -1.44. The van der Waals surface area contributed by atoms with Crippen LogP contribution in [0, 0.1) is 6.92 Å². The quantitative estimate of drug-likeness (QED) is 0.813. The van der Waals surface area contributed by atoms with Gasteiger partial charge in [0.15, 0.2) is 0 Å². The van der Waals surface area contributed by atoms with E-state index in [0.29, 0.717) is 9.15 Å². The summed E-state index contributed by atoms with van der Waals surface area (Å²) in [6, 6.07) is 4.73. The lowest BCUT2D eigenvalue weighted by Crippen LogP contribution is -2.14. The van der Waals surface area contributed by atoms with Gasteiger partial charge in [-0.15, -0.1) is 5.10 Å². The molecule has 0 bridgehead atoms. The van der Waals surface area contributed by atoms with Crippen LogP contribution in [0.2, 0.25) is 0 Å². The van der Waals surface area contributed by atoms with E-state index in [1.807, 2.05) is 6.92 Å². The lowest BCUT2D eigenvalue weighted by molar-refractivity contribution is -0.146. The van der Waals surface area contributed by atoms with Gasteiger partial charge in [0.05, 0.1) is 5.69 Å². The van der Waals surface area contributed by atoms with E-state index in [-0.39, 0.29) is 5.69 Å². The lowest BCUT2D eigenvalue weighted by atomic mass is 10.2. The van der Waals surface area contributed by atoms with Crippen molar-refractivity contribution in [2.45, 2.75) is 13.1 Å². The zero-order chi connectivity index (χ0) is 12.6.